The number of aromatic nitrogens is 6. The predicted octanol–water partition coefficient (Wildman–Crippen LogP) is 2.64. The van der Waals surface area contributed by atoms with Crippen LogP contribution in [0.5, 0.6) is 0 Å². The molecule has 7 heteroatoms. The van der Waals surface area contributed by atoms with E-state index in [1.54, 1.807) is 25.0 Å². The van der Waals surface area contributed by atoms with Crippen LogP contribution in [0, 0.1) is 13.8 Å². The molecule has 0 spiro atoms. The normalized spacial score (nSPS) is 10.8. The molecule has 24 heavy (non-hydrogen) atoms. The molecule has 0 radical (unpaired) electrons. The Hall–Kier alpha value is -2.83. The van der Waals surface area contributed by atoms with Crippen molar-refractivity contribution in [3.63, 3.8) is 0 Å². The first-order valence-corrected chi connectivity index (χ1v) is 8.06. The van der Waals surface area contributed by atoms with Crippen LogP contribution in [0.4, 0.5) is 5.82 Å². The highest BCUT2D eigenvalue weighted by Gasteiger charge is 2.09. The minimum atomic E-state index is 0.707. The van der Waals surface area contributed by atoms with E-state index in [2.05, 4.69) is 30.5 Å². The Kier molecular flexibility index (Phi) is 5.10. The molecule has 3 rings (SSSR count). The van der Waals surface area contributed by atoms with E-state index in [0.29, 0.717) is 5.82 Å². The van der Waals surface area contributed by atoms with Crippen molar-refractivity contribution in [3.8, 4) is 11.4 Å². The zero-order valence-corrected chi connectivity index (χ0v) is 14.0. The van der Waals surface area contributed by atoms with E-state index in [9.17, 15) is 0 Å². The van der Waals surface area contributed by atoms with Crippen molar-refractivity contribution in [2.45, 2.75) is 33.2 Å². The molecule has 0 fully saturated rings. The lowest BCUT2D eigenvalue weighted by Gasteiger charge is -2.12. The number of pyridine rings is 1. The van der Waals surface area contributed by atoms with Crippen molar-refractivity contribution in [2.24, 2.45) is 0 Å². The third-order valence-corrected chi connectivity index (χ3v) is 3.91. The van der Waals surface area contributed by atoms with Crippen LogP contribution in [0.1, 0.15) is 24.1 Å². The Morgan fingerprint density at radius 1 is 1.08 bits per heavy atom. The van der Waals surface area contributed by atoms with Gasteiger partial charge in [0.25, 0.3) is 0 Å². The minimum absolute atomic E-state index is 0.707. The van der Waals surface area contributed by atoms with E-state index in [-0.39, 0.29) is 0 Å². The number of aryl methyl sites for hydroxylation is 2. The quantitative estimate of drug-likeness (QED) is 0.673. The van der Waals surface area contributed by atoms with Crippen LogP contribution in [0.15, 0.2) is 37.2 Å². The summed E-state index contributed by atoms with van der Waals surface area (Å²) in [5.41, 5.74) is 2.99. The molecule has 0 aromatic carbocycles. The molecule has 0 aliphatic rings. The van der Waals surface area contributed by atoms with Crippen LogP contribution < -0.4 is 5.32 Å². The van der Waals surface area contributed by atoms with Crippen molar-refractivity contribution >= 4 is 5.82 Å². The lowest BCUT2D eigenvalue weighted by Crippen LogP contribution is -2.09. The molecule has 7 nitrogen and oxygen atoms in total. The summed E-state index contributed by atoms with van der Waals surface area (Å²) in [7, 11) is 0. The van der Waals surface area contributed by atoms with Crippen molar-refractivity contribution < 1.29 is 0 Å². The summed E-state index contributed by atoms with van der Waals surface area (Å²) in [4.78, 5) is 13.4. The lowest BCUT2D eigenvalue weighted by atomic mass is 10.2. The van der Waals surface area contributed by atoms with Gasteiger partial charge in [-0.15, -0.1) is 10.2 Å². The standard InChI is InChI=1S/C17H21N7/c1-13-14(2)22-17(15-6-5-7-18-10-15)23-16(13)19-8-3-4-9-24-11-20-21-12-24/h5-7,10-12H,3-4,8-9H2,1-2H3,(H,19,22,23). The van der Waals surface area contributed by atoms with Gasteiger partial charge in [0.2, 0.25) is 0 Å². The van der Waals surface area contributed by atoms with Crippen LogP contribution in [0.2, 0.25) is 0 Å². The average molecular weight is 323 g/mol. The van der Waals surface area contributed by atoms with Gasteiger partial charge in [0.15, 0.2) is 5.82 Å². The number of unbranched alkanes of at least 4 members (excludes halogenated alkanes) is 1. The highest BCUT2D eigenvalue weighted by Crippen LogP contribution is 2.21. The van der Waals surface area contributed by atoms with Gasteiger partial charge in [-0.05, 0) is 38.8 Å². The molecule has 0 bridgehead atoms. The van der Waals surface area contributed by atoms with Crippen LogP contribution in [-0.2, 0) is 6.54 Å². The van der Waals surface area contributed by atoms with Crippen LogP contribution in [0.25, 0.3) is 11.4 Å². The SMILES string of the molecule is Cc1nc(-c2cccnc2)nc(NCCCCn2cnnc2)c1C. The third-order valence-electron chi connectivity index (χ3n) is 3.91. The van der Waals surface area contributed by atoms with Gasteiger partial charge in [-0.25, -0.2) is 9.97 Å². The predicted molar refractivity (Wildman–Crippen MR) is 92.5 cm³/mol. The van der Waals surface area contributed by atoms with Gasteiger partial charge < -0.3 is 9.88 Å². The summed E-state index contributed by atoms with van der Waals surface area (Å²) < 4.78 is 1.99. The van der Waals surface area contributed by atoms with E-state index >= 15 is 0 Å². The maximum atomic E-state index is 4.66. The lowest BCUT2D eigenvalue weighted by molar-refractivity contribution is 0.619. The number of rotatable bonds is 7. The fourth-order valence-electron chi connectivity index (χ4n) is 2.39. The highest BCUT2D eigenvalue weighted by atomic mass is 15.2. The van der Waals surface area contributed by atoms with Gasteiger partial charge in [0, 0.05) is 42.3 Å². The van der Waals surface area contributed by atoms with Crippen molar-refractivity contribution in [2.75, 3.05) is 11.9 Å². The number of hydrogen-bond donors (Lipinski definition) is 1. The smallest absolute Gasteiger partial charge is 0.163 e. The van der Waals surface area contributed by atoms with Crippen molar-refractivity contribution in [1.29, 1.82) is 0 Å². The molecule has 0 amide bonds. The number of hydrogen-bond acceptors (Lipinski definition) is 6. The molecule has 3 aromatic rings. The first-order valence-electron chi connectivity index (χ1n) is 8.06. The molecule has 0 atom stereocenters. The van der Waals surface area contributed by atoms with E-state index in [4.69, 9.17) is 0 Å². The fourth-order valence-corrected chi connectivity index (χ4v) is 2.39. The van der Waals surface area contributed by atoms with Gasteiger partial charge in [0.05, 0.1) is 0 Å². The molecule has 3 heterocycles. The van der Waals surface area contributed by atoms with Gasteiger partial charge in [0.1, 0.15) is 18.5 Å². The Bertz CT molecular complexity index is 769. The summed E-state index contributed by atoms with van der Waals surface area (Å²) in [6.45, 7) is 5.85. The van der Waals surface area contributed by atoms with Gasteiger partial charge >= 0.3 is 0 Å². The second kappa shape index (κ2) is 7.63. The summed E-state index contributed by atoms with van der Waals surface area (Å²) >= 11 is 0. The Balaban J connectivity index is 1.61. The zero-order valence-electron chi connectivity index (χ0n) is 14.0. The number of nitrogens with zero attached hydrogens (tertiary/aromatic N) is 6. The van der Waals surface area contributed by atoms with Crippen molar-refractivity contribution in [1.82, 2.24) is 29.7 Å². The minimum Gasteiger partial charge on any atom is -0.370 e. The second-order valence-electron chi connectivity index (χ2n) is 5.68. The molecule has 1 N–H and O–H groups in total. The summed E-state index contributed by atoms with van der Waals surface area (Å²) in [5, 5.41) is 11.0. The molecule has 0 saturated heterocycles. The van der Waals surface area contributed by atoms with Crippen molar-refractivity contribution in [3.05, 3.63) is 48.4 Å². The molecule has 0 saturated carbocycles. The molecular weight excluding hydrogens is 302 g/mol. The first-order chi connectivity index (χ1) is 11.7. The highest BCUT2D eigenvalue weighted by molar-refractivity contribution is 5.58. The maximum absolute atomic E-state index is 4.66. The number of nitrogens with one attached hydrogen (secondary N) is 1. The Labute approximate surface area is 141 Å². The topological polar surface area (TPSA) is 81.4 Å². The summed E-state index contributed by atoms with van der Waals surface area (Å²) in [5.74, 6) is 1.60. The third kappa shape index (κ3) is 3.92. The molecule has 124 valence electrons. The second-order valence-corrected chi connectivity index (χ2v) is 5.68. The van der Waals surface area contributed by atoms with Gasteiger partial charge in [-0.3, -0.25) is 4.98 Å². The van der Waals surface area contributed by atoms with Gasteiger partial charge in [-0.1, -0.05) is 0 Å². The average Bonchev–Trinajstić information content (AvgIpc) is 3.12. The Morgan fingerprint density at radius 3 is 2.67 bits per heavy atom. The zero-order chi connectivity index (χ0) is 16.8. The van der Waals surface area contributed by atoms with Crippen LogP contribution in [-0.4, -0.2) is 36.3 Å². The largest absolute Gasteiger partial charge is 0.370 e. The van der Waals surface area contributed by atoms with E-state index < -0.39 is 0 Å². The summed E-state index contributed by atoms with van der Waals surface area (Å²) in [6, 6.07) is 3.87. The fraction of sp³-hybridized carbons (Fsp3) is 0.353. The van der Waals surface area contributed by atoms with Gasteiger partial charge in [-0.2, -0.15) is 0 Å². The number of anilines is 1. The molecule has 3 aromatic heterocycles. The molecule has 0 unspecified atom stereocenters. The van der Waals surface area contributed by atoms with Crippen LogP contribution >= 0.6 is 0 Å². The molecular formula is C17H21N7. The van der Waals surface area contributed by atoms with Crippen LogP contribution in [0.3, 0.4) is 0 Å². The monoisotopic (exact) mass is 323 g/mol. The molecule has 0 aliphatic heterocycles. The summed E-state index contributed by atoms with van der Waals surface area (Å²) in [6.07, 6.45) is 9.12. The van der Waals surface area contributed by atoms with E-state index in [1.165, 1.54) is 0 Å². The maximum Gasteiger partial charge on any atom is 0.163 e. The molecule has 0 aliphatic carbocycles. The first kappa shape index (κ1) is 16.0. The Morgan fingerprint density at radius 2 is 1.92 bits per heavy atom. The van der Waals surface area contributed by atoms with E-state index in [0.717, 1.165) is 48.6 Å². The van der Waals surface area contributed by atoms with E-state index in [1.807, 2.05) is 30.5 Å².